The van der Waals surface area contributed by atoms with Gasteiger partial charge in [0.1, 0.15) is 23.0 Å². The highest BCUT2D eigenvalue weighted by Gasteiger charge is 2.29. The Bertz CT molecular complexity index is 991. The topological polar surface area (TPSA) is 141 Å². The SMILES string of the molecule is COC(=O)C(Cc1c(O)c(C)cc(C(C)=O)c1O)Cc1c(O)c(C)cc(C(C)=O)c1O. The fourth-order valence-corrected chi connectivity index (χ4v) is 3.55. The fourth-order valence-electron chi connectivity index (χ4n) is 3.55. The number of hydrogen-bond donors (Lipinski definition) is 4. The number of phenolic OH excluding ortho intramolecular Hbond substituents is 4. The van der Waals surface area contributed by atoms with E-state index in [0.717, 1.165) is 7.11 Å². The summed E-state index contributed by atoms with van der Waals surface area (Å²) in [5.74, 6) is -4.08. The molecule has 0 aliphatic rings. The predicted octanol–water partition coefficient (Wildman–Crippen LogP) is 3.11. The molecule has 0 heterocycles. The molecule has 8 nitrogen and oxygen atoms in total. The molecule has 0 amide bonds. The molecule has 2 rings (SSSR count). The highest BCUT2D eigenvalue weighted by atomic mass is 16.5. The molecule has 31 heavy (non-hydrogen) atoms. The Kier molecular flexibility index (Phi) is 6.95. The van der Waals surface area contributed by atoms with Crippen LogP contribution in [-0.2, 0) is 22.4 Å². The number of phenols is 4. The Hall–Kier alpha value is -3.55. The number of hydrogen-bond acceptors (Lipinski definition) is 8. The Morgan fingerprint density at radius 3 is 1.42 bits per heavy atom. The molecule has 0 aliphatic carbocycles. The van der Waals surface area contributed by atoms with Gasteiger partial charge in [0.15, 0.2) is 11.6 Å². The number of aryl methyl sites for hydroxylation is 2. The van der Waals surface area contributed by atoms with Crippen molar-refractivity contribution in [3.8, 4) is 23.0 Å². The second kappa shape index (κ2) is 9.07. The summed E-state index contributed by atoms with van der Waals surface area (Å²) in [7, 11) is 1.16. The number of methoxy groups -OCH3 is 1. The van der Waals surface area contributed by atoms with Crippen molar-refractivity contribution in [1.29, 1.82) is 0 Å². The third-order valence-corrected chi connectivity index (χ3v) is 5.32. The molecule has 0 unspecified atom stereocenters. The van der Waals surface area contributed by atoms with Crippen LogP contribution >= 0.6 is 0 Å². The molecule has 0 fully saturated rings. The van der Waals surface area contributed by atoms with Gasteiger partial charge < -0.3 is 25.2 Å². The molecule has 4 N–H and O–H groups in total. The Morgan fingerprint density at radius 1 is 0.774 bits per heavy atom. The first-order valence-corrected chi connectivity index (χ1v) is 9.59. The maximum atomic E-state index is 12.5. The van der Waals surface area contributed by atoms with Crippen molar-refractivity contribution in [3.63, 3.8) is 0 Å². The summed E-state index contributed by atoms with van der Waals surface area (Å²) in [4.78, 5) is 36.2. The second-order valence-corrected chi connectivity index (χ2v) is 7.57. The van der Waals surface area contributed by atoms with Gasteiger partial charge in [-0.05, 0) is 63.8 Å². The molecule has 0 spiro atoms. The Labute approximate surface area is 179 Å². The molecular formula is C23H26O8. The zero-order valence-electron chi connectivity index (χ0n) is 18.1. The van der Waals surface area contributed by atoms with Gasteiger partial charge in [-0.2, -0.15) is 0 Å². The van der Waals surface area contributed by atoms with Crippen molar-refractivity contribution < 1.29 is 39.5 Å². The minimum Gasteiger partial charge on any atom is -0.507 e. The van der Waals surface area contributed by atoms with Crippen LogP contribution in [0.5, 0.6) is 23.0 Å². The molecule has 8 heteroatoms. The highest BCUT2D eigenvalue weighted by Crippen LogP contribution is 2.40. The lowest BCUT2D eigenvalue weighted by molar-refractivity contribution is -0.145. The van der Waals surface area contributed by atoms with Crippen LogP contribution in [0.3, 0.4) is 0 Å². The van der Waals surface area contributed by atoms with Crippen molar-refractivity contribution in [2.75, 3.05) is 7.11 Å². The van der Waals surface area contributed by atoms with Crippen LogP contribution in [0.4, 0.5) is 0 Å². The van der Waals surface area contributed by atoms with Crippen LogP contribution in [0.25, 0.3) is 0 Å². The van der Waals surface area contributed by atoms with Crippen molar-refractivity contribution in [2.24, 2.45) is 5.92 Å². The molecule has 0 saturated carbocycles. The van der Waals surface area contributed by atoms with Gasteiger partial charge in [-0.1, -0.05) is 0 Å². The van der Waals surface area contributed by atoms with Crippen LogP contribution < -0.4 is 0 Å². The van der Waals surface area contributed by atoms with Crippen LogP contribution in [0.1, 0.15) is 56.8 Å². The summed E-state index contributed by atoms with van der Waals surface area (Å²) >= 11 is 0. The summed E-state index contributed by atoms with van der Waals surface area (Å²) in [6.45, 7) is 5.63. The Balaban J connectivity index is 2.60. The quantitative estimate of drug-likeness (QED) is 0.388. The maximum absolute atomic E-state index is 12.5. The number of ketones is 2. The number of aromatic hydroxyl groups is 4. The molecule has 166 valence electrons. The van der Waals surface area contributed by atoms with E-state index in [2.05, 4.69) is 0 Å². The summed E-state index contributed by atoms with van der Waals surface area (Å²) < 4.78 is 4.83. The zero-order chi connectivity index (χ0) is 23.6. The highest BCUT2D eigenvalue weighted by molar-refractivity contribution is 5.98. The molecule has 0 atom stereocenters. The Morgan fingerprint density at radius 2 is 1.13 bits per heavy atom. The van der Waals surface area contributed by atoms with E-state index in [4.69, 9.17) is 4.74 Å². The second-order valence-electron chi connectivity index (χ2n) is 7.57. The first-order valence-electron chi connectivity index (χ1n) is 9.59. The molecule has 2 aromatic rings. The minimum absolute atomic E-state index is 0.00553. The smallest absolute Gasteiger partial charge is 0.309 e. The van der Waals surface area contributed by atoms with Gasteiger partial charge in [0.2, 0.25) is 0 Å². The number of rotatable bonds is 7. The van der Waals surface area contributed by atoms with Gasteiger partial charge in [0.25, 0.3) is 0 Å². The van der Waals surface area contributed by atoms with E-state index in [9.17, 15) is 34.8 Å². The lowest BCUT2D eigenvalue weighted by Crippen LogP contribution is -2.22. The van der Waals surface area contributed by atoms with Gasteiger partial charge in [0, 0.05) is 11.1 Å². The van der Waals surface area contributed by atoms with Crippen molar-refractivity contribution >= 4 is 17.5 Å². The molecular weight excluding hydrogens is 404 g/mol. The first kappa shape index (κ1) is 23.7. The van der Waals surface area contributed by atoms with Crippen LogP contribution in [0.2, 0.25) is 0 Å². The number of carbonyl (C=O) groups excluding carboxylic acids is 3. The average Bonchev–Trinajstić information content (AvgIpc) is 2.71. The summed E-state index contributed by atoms with van der Waals surface area (Å²) in [6, 6.07) is 2.70. The predicted molar refractivity (Wildman–Crippen MR) is 112 cm³/mol. The van der Waals surface area contributed by atoms with E-state index < -0.39 is 35.0 Å². The van der Waals surface area contributed by atoms with E-state index in [1.807, 2.05) is 0 Å². The van der Waals surface area contributed by atoms with Gasteiger partial charge in [-0.3, -0.25) is 14.4 Å². The van der Waals surface area contributed by atoms with Gasteiger partial charge in [-0.15, -0.1) is 0 Å². The van der Waals surface area contributed by atoms with E-state index in [0.29, 0.717) is 11.1 Å². The molecule has 0 radical (unpaired) electrons. The van der Waals surface area contributed by atoms with E-state index in [1.165, 1.54) is 26.0 Å². The number of benzene rings is 2. The van der Waals surface area contributed by atoms with Crippen molar-refractivity contribution in [1.82, 2.24) is 0 Å². The maximum Gasteiger partial charge on any atom is 0.309 e. The number of esters is 1. The van der Waals surface area contributed by atoms with Gasteiger partial charge in [0.05, 0.1) is 24.2 Å². The number of Topliss-reactive ketones (excluding diaryl/α,β-unsaturated/α-hetero) is 2. The fraction of sp³-hybridized carbons (Fsp3) is 0.348. The summed E-state index contributed by atoms with van der Waals surface area (Å²) in [6.07, 6.45) is -0.483. The monoisotopic (exact) mass is 430 g/mol. The molecule has 0 saturated heterocycles. The minimum atomic E-state index is -1.05. The summed E-state index contributed by atoms with van der Waals surface area (Å²) in [5.41, 5.74) is 0.601. The number of carbonyl (C=O) groups is 3. The van der Waals surface area contributed by atoms with Gasteiger partial charge >= 0.3 is 5.97 Å². The largest absolute Gasteiger partial charge is 0.507 e. The average molecular weight is 430 g/mol. The van der Waals surface area contributed by atoms with Crippen LogP contribution in [0.15, 0.2) is 12.1 Å². The molecule has 2 aromatic carbocycles. The standard InChI is InChI=1S/C23H26O8/c1-10-6-15(12(3)24)21(28)17(19(10)26)8-14(23(30)31-5)9-18-20(27)11(2)7-16(13(4)25)22(18)29/h6-7,14,26-29H,8-9H2,1-5H3. The van der Waals surface area contributed by atoms with Crippen LogP contribution in [-0.4, -0.2) is 45.1 Å². The van der Waals surface area contributed by atoms with Crippen molar-refractivity contribution in [2.45, 2.75) is 40.5 Å². The van der Waals surface area contributed by atoms with Crippen molar-refractivity contribution in [3.05, 3.63) is 45.5 Å². The lowest BCUT2D eigenvalue weighted by Gasteiger charge is -2.20. The first-order chi connectivity index (χ1) is 14.4. The lowest BCUT2D eigenvalue weighted by atomic mass is 9.87. The summed E-state index contributed by atoms with van der Waals surface area (Å²) in [5, 5.41) is 42.0. The van der Waals surface area contributed by atoms with Crippen LogP contribution in [0, 0.1) is 19.8 Å². The molecule has 0 aliphatic heterocycles. The van der Waals surface area contributed by atoms with E-state index in [-0.39, 0.29) is 46.6 Å². The zero-order valence-corrected chi connectivity index (χ0v) is 18.1. The molecule has 0 bridgehead atoms. The van der Waals surface area contributed by atoms with Gasteiger partial charge in [-0.25, -0.2) is 0 Å². The van der Waals surface area contributed by atoms with E-state index >= 15 is 0 Å². The molecule has 0 aromatic heterocycles. The normalized spacial score (nSPS) is 10.9. The van der Waals surface area contributed by atoms with E-state index in [1.54, 1.807) is 13.8 Å². The third kappa shape index (κ3) is 4.63. The number of ether oxygens (including phenoxy) is 1. The third-order valence-electron chi connectivity index (χ3n) is 5.32.